The normalized spacial score (nSPS) is 16.6. The second-order valence-corrected chi connectivity index (χ2v) is 6.86. The molecule has 1 N–H and O–H groups in total. The Labute approximate surface area is 153 Å². The fourth-order valence-corrected chi connectivity index (χ4v) is 3.21. The first-order valence-corrected chi connectivity index (χ1v) is 9.04. The first-order valence-electron chi connectivity index (χ1n) is 9.04. The van der Waals surface area contributed by atoms with Crippen molar-refractivity contribution in [2.75, 3.05) is 32.8 Å². The smallest absolute Gasteiger partial charge is 0.224 e. The molecule has 1 aromatic carbocycles. The summed E-state index contributed by atoms with van der Waals surface area (Å²) in [7, 11) is 0. The number of hydrogen-bond acceptors (Lipinski definition) is 6. The van der Waals surface area contributed by atoms with Gasteiger partial charge in [0.25, 0.3) is 0 Å². The molecular weight excluding hydrogens is 332 g/mol. The quantitative estimate of drug-likeness (QED) is 0.783. The fourth-order valence-electron chi connectivity index (χ4n) is 3.21. The summed E-state index contributed by atoms with van der Waals surface area (Å²) in [5.41, 5.74) is 1.83. The Balaban J connectivity index is 1.51. The lowest BCUT2D eigenvalue weighted by molar-refractivity contribution is -0.120. The molecule has 1 atom stereocenters. The van der Waals surface area contributed by atoms with E-state index in [0.717, 1.165) is 37.6 Å². The highest BCUT2D eigenvalue weighted by Gasteiger charge is 2.24. The van der Waals surface area contributed by atoms with Gasteiger partial charge in [-0.05, 0) is 34.0 Å². The summed E-state index contributed by atoms with van der Waals surface area (Å²) in [6.45, 7) is 8.46. The van der Waals surface area contributed by atoms with Crippen LogP contribution in [0.5, 0.6) is 0 Å². The van der Waals surface area contributed by atoms with Gasteiger partial charge in [-0.15, -0.1) is 5.10 Å². The van der Waals surface area contributed by atoms with Gasteiger partial charge < -0.3 is 10.1 Å². The van der Waals surface area contributed by atoms with Gasteiger partial charge in [0, 0.05) is 25.7 Å². The molecule has 1 amide bonds. The molecule has 0 spiro atoms. The van der Waals surface area contributed by atoms with Crippen LogP contribution in [0.15, 0.2) is 30.6 Å². The van der Waals surface area contributed by atoms with Crippen molar-refractivity contribution in [2.24, 2.45) is 5.92 Å². The molecule has 1 saturated heterocycles. The molecule has 1 aromatic heterocycles. The highest BCUT2D eigenvalue weighted by Crippen LogP contribution is 2.13. The monoisotopic (exact) mass is 358 g/mol. The van der Waals surface area contributed by atoms with E-state index >= 15 is 0 Å². The number of hydrogen-bond donors (Lipinski definition) is 1. The highest BCUT2D eigenvalue weighted by molar-refractivity contribution is 5.78. The number of nitrogens with zero attached hydrogens (tertiary/aromatic N) is 5. The third-order valence-corrected chi connectivity index (χ3v) is 4.71. The molecule has 0 bridgehead atoms. The molecule has 3 rings (SSSR count). The van der Waals surface area contributed by atoms with Crippen LogP contribution >= 0.6 is 0 Å². The van der Waals surface area contributed by atoms with Gasteiger partial charge in [0.2, 0.25) is 5.91 Å². The molecule has 0 aliphatic carbocycles. The van der Waals surface area contributed by atoms with E-state index in [1.54, 1.807) is 11.0 Å². The lowest BCUT2D eigenvalue weighted by atomic mass is 10.0. The zero-order chi connectivity index (χ0) is 18.4. The number of aromatic nitrogens is 4. The average molecular weight is 358 g/mol. The van der Waals surface area contributed by atoms with Gasteiger partial charge in [0.1, 0.15) is 6.33 Å². The molecular formula is C18H26N6O2. The maximum Gasteiger partial charge on any atom is 0.224 e. The third-order valence-electron chi connectivity index (χ3n) is 4.71. The van der Waals surface area contributed by atoms with Gasteiger partial charge in [0.05, 0.1) is 25.3 Å². The summed E-state index contributed by atoms with van der Waals surface area (Å²) >= 11 is 0. The summed E-state index contributed by atoms with van der Waals surface area (Å²) in [6.07, 6.45) is 1.91. The lowest BCUT2D eigenvalue weighted by Gasteiger charge is -2.36. The van der Waals surface area contributed by atoms with Gasteiger partial charge >= 0.3 is 0 Å². The minimum atomic E-state index is 0.0408. The van der Waals surface area contributed by atoms with E-state index in [9.17, 15) is 4.79 Å². The fraction of sp³-hybridized carbons (Fsp3) is 0.556. The Morgan fingerprint density at radius 1 is 1.23 bits per heavy atom. The zero-order valence-electron chi connectivity index (χ0n) is 15.3. The van der Waals surface area contributed by atoms with E-state index in [2.05, 4.69) is 39.6 Å². The van der Waals surface area contributed by atoms with Crippen LogP contribution in [0, 0.1) is 5.92 Å². The molecule has 0 saturated carbocycles. The SMILES string of the molecule is CC(C)C(CNC(=O)Cc1ccc(-n2cnnn2)cc1)N1CCOCC1. The van der Waals surface area contributed by atoms with Crippen LogP contribution < -0.4 is 5.32 Å². The largest absolute Gasteiger partial charge is 0.379 e. The molecule has 140 valence electrons. The van der Waals surface area contributed by atoms with Crippen LogP contribution in [-0.4, -0.2) is 69.9 Å². The topological polar surface area (TPSA) is 85.2 Å². The van der Waals surface area contributed by atoms with Gasteiger partial charge in [0.15, 0.2) is 0 Å². The Kier molecular flexibility index (Phi) is 6.30. The van der Waals surface area contributed by atoms with Crippen molar-refractivity contribution in [3.05, 3.63) is 36.2 Å². The van der Waals surface area contributed by atoms with Crippen molar-refractivity contribution in [3.63, 3.8) is 0 Å². The van der Waals surface area contributed by atoms with Gasteiger partial charge in [-0.3, -0.25) is 9.69 Å². The van der Waals surface area contributed by atoms with E-state index < -0.39 is 0 Å². The summed E-state index contributed by atoms with van der Waals surface area (Å²) in [5.74, 6) is 0.517. The molecule has 26 heavy (non-hydrogen) atoms. The number of carbonyl (C=O) groups excluding carboxylic acids is 1. The molecule has 1 fully saturated rings. The van der Waals surface area contributed by atoms with Crippen LogP contribution in [0.25, 0.3) is 5.69 Å². The Hall–Kier alpha value is -2.32. The number of ether oxygens (including phenoxy) is 1. The lowest BCUT2D eigenvalue weighted by Crippen LogP contribution is -2.51. The molecule has 1 aliphatic rings. The van der Waals surface area contributed by atoms with Gasteiger partial charge in [-0.1, -0.05) is 26.0 Å². The number of benzene rings is 1. The van der Waals surface area contributed by atoms with E-state index in [0.29, 0.717) is 24.9 Å². The van der Waals surface area contributed by atoms with Gasteiger partial charge in [-0.2, -0.15) is 0 Å². The van der Waals surface area contributed by atoms with Crippen molar-refractivity contribution in [1.29, 1.82) is 0 Å². The van der Waals surface area contributed by atoms with Crippen molar-refractivity contribution in [2.45, 2.75) is 26.3 Å². The van der Waals surface area contributed by atoms with Crippen molar-refractivity contribution in [1.82, 2.24) is 30.4 Å². The van der Waals surface area contributed by atoms with Crippen molar-refractivity contribution < 1.29 is 9.53 Å². The van der Waals surface area contributed by atoms with Crippen LogP contribution in [0.3, 0.4) is 0 Å². The van der Waals surface area contributed by atoms with Crippen LogP contribution in [0.2, 0.25) is 0 Å². The summed E-state index contributed by atoms with van der Waals surface area (Å²) in [5, 5.41) is 14.2. The summed E-state index contributed by atoms with van der Waals surface area (Å²) in [4.78, 5) is 14.8. The predicted molar refractivity (Wildman–Crippen MR) is 96.9 cm³/mol. The minimum Gasteiger partial charge on any atom is -0.379 e. The molecule has 8 nitrogen and oxygen atoms in total. The number of carbonyl (C=O) groups is 1. The minimum absolute atomic E-state index is 0.0408. The summed E-state index contributed by atoms with van der Waals surface area (Å²) < 4.78 is 7.01. The molecule has 1 unspecified atom stereocenters. The maximum atomic E-state index is 12.3. The Bertz CT molecular complexity index is 680. The second-order valence-electron chi connectivity index (χ2n) is 6.86. The molecule has 2 heterocycles. The average Bonchev–Trinajstić information content (AvgIpc) is 3.18. The first-order chi connectivity index (χ1) is 12.6. The number of tetrazole rings is 1. The number of amides is 1. The summed E-state index contributed by atoms with van der Waals surface area (Å²) in [6, 6.07) is 8.01. The number of morpholine rings is 1. The van der Waals surface area contributed by atoms with E-state index in [-0.39, 0.29) is 5.91 Å². The molecule has 8 heteroatoms. The van der Waals surface area contributed by atoms with Crippen LogP contribution in [0.4, 0.5) is 0 Å². The molecule has 1 aliphatic heterocycles. The van der Waals surface area contributed by atoms with Crippen LogP contribution in [-0.2, 0) is 16.0 Å². The van der Waals surface area contributed by atoms with Crippen LogP contribution in [0.1, 0.15) is 19.4 Å². The molecule has 2 aromatic rings. The Morgan fingerprint density at radius 2 is 1.96 bits per heavy atom. The second kappa shape index (κ2) is 8.86. The molecule has 0 radical (unpaired) electrons. The number of rotatable bonds is 7. The highest BCUT2D eigenvalue weighted by atomic mass is 16.5. The number of nitrogens with one attached hydrogen (secondary N) is 1. The predicted octanol–water partition coefficient (Wildman–Crippen LogP) is 0.678. The van der Waals surface area contributed by atoms with Crippen molar-refractivity contribution in [3.8, 4) is 5.69 Å². The third kappa shape index (κ3) is 4.86. The zero-order valence-corrected chi connectivity index (χ0v) is 15.3. The maximum absolute atomic E-state index is 12.3. The van der Waals surface area contributed by atoms with Gasteiger partial charge in [-0.25, -0.2) is 4.68 Å². The van der Waals surface area contributed by atoms with E-state index in [4.69, 9.17) is 4.74 Å². The van der Waals surface area contributed by atoms with Crippen molar-refractivity contribution >= 4 is 5.91 Å². The van der Waals surface area contributed by atoms with E-state index in [1.807, 2.05) is 24.3 Å². The standard InChI is InChI=1S/C18H26N6O2/c1-14(2)17(23-7-9-26-10-8-23)12-19-18(25)11-15-3-5-16(6-4-15)24-13-20-21-22-24/h3-6,13-14,17H,7-12H2,1-2H3,(H,19,25). The van der Waals surface area contributed by atoms with E-state index in [1.165, 1.54) is 0 Å². The Morgan fingerprint density at radius 3 is 2.58 bits per heavy atom. The first kappa shape index (κ1) is 18.5.